The van der Waals surface area contributed by atoms with E-state index in [1.807, 2.05) is 0 Å². The molecule has 1 aliphatic heterocycles. The molecular weight excluding hydrogens is 216 g/mol. The van der Waals surface area contributed by atoms with Gasteiger partial charge in [0, 0.05) is 19.0 Å². The normalized spacial score (nSPS) is 24.2. The van der Waals surface area contributed by atoms with E-state index in [1.165, 1.54) is 0 Å². The smallest absolute Gasteiger partial charge is 0.225 e. The quantitative estimate of drug-likeness (QED) is 0.708. The standard InChI is InChI=1S/C9H16N2O3S/c10-15(13,14)8-5-11(6-8)9(12)7-3-1-2-4-7/h7-8H,1-6H2,(H2,10,13,14). The maximum atomic E-state index is 11.8. The lowest BCUT2D eigenvalue weighted by molar-refractivity contribution is -0.138. The topological polar surface area (TPSA) is 80.5 Å². The Morgan fingerprint density at radius 2 is 1.73 bits per heavy atom. The van der Waals surface area contributed by atoms with Crippen molar-refractivity contribution in [2.45, 2.75) is 30.9 Å². The summed E-state index contributed by atoms with van der Waals surface area (Å²) in [5.74, 6) is 0.249. The summed E-state index contributed by atoms with van der Waals surface area (Å²) in [6.45, 7) is 0.572. The molecule has 5 nitrogen and oxygen atoms in total. The van der Waals surface area contributed by atoms with Gasteiger partial charge in [-0.25, -0.2) is 13.6 Å². The Bertz CT molecular complexity index is 354. The van der Waals surface area contributed by atoms with Gasteiger partial charge in [-0.3, -0.25) is 4.79 Å². The number of primary sulfonamides is 1. The minimum Gasteiger partial charge on any atom is -0.340 e. The third kappa shape index (κ3) is 2.15. The fraction of sp³-hybridized carbons (Fsp3) is 0.889. The molecule has 86 valence electrons. The third-order valence-electron chi connectivity index (χ3n) is 3.33. The van der Waals surface area contributed by atoms with Crippen LogP contribution in [0.25, 0.3) is 0 Å². The SMILES string of the molecule is NS(=O)(=O)C1CN(C(=O)C2CCCC2)C1. The Morgan fingerprint density at radius 1 is 1.20 bits per heavy atom. The molecule has 1 aliphatic carbocycles. The lowest BCUT2D eigenvalue weighted by Gasteiger charge is -2.39. The van der Waals surface area contributed by atoms with Gasteiger partial charge in [-0.05, 0) is 12.8 Å². The molecule has 1 heterocycles. The van der Waals surface area contributed by atoms with Gasteiger partial charge in [0.1, 0.15) is 5.25 Å². The highest BCUT2D eigenvalue weighted by atomic mass is 32.2. The van der Waals surface area contributed by atoms with Crippen LogP contribution in [0.2, 0.25) is 0 Å². The highest BCUT2D eigenvalue weighted by Crippen LogP contribution is 2.28. The van der Waals surface area contributed by atoms with Gasteiger partial charge < -0.3 is 4.90 Å². The average Bonchev–Trinajstić information content (AvgIpc) is 2.48. The summed E-state index contributed by atoms with van der Waals surface area (Å²) in [4.78, 5) is 13.4. The van der Waals surface area contributed by atoms with Gasteiger partial charge in [0.05, 0.1) is 0 Å². The van der Waals surface area contributed by atoms with Gasteiger partial charge in [-0.2, -0.15) is 0 Å². The number of hydrogen-bond acceptors (Lipinski definition) is 3. The second-order valence-corrected chi connectivity index (χ2v) is 6.28. The summed E-state index contributed by atoms with van der Waals surface area (Å²) < 4.78 is 21.9. The van der Waals surface area contributed by atoms with Crippen LogP contribution in [0.5, 0.6) is 0 Å². The van der Waals surface area contributed by atoms with Crippen LogP contribution < -0.4 is 5.14 Å². The van der Waals surface area contributed by atoms with Crippen molar-refractivity contribution in [3.05, 3.63) is 0 Å². The molecule has 6 heteroatoms. The van der Waals surface area contributed by atoms with E-state index in [1.54, 1.807) is 4.90 Å². The number of sulfonamides is 1. The molecule has 0 spiro atoms. The van der Waals surface area contributed by atoms with Gasteiger partial charge in [-0.15, -0.1) is 0 Å². The first-order valence-corrected chi connectivity index (χ1v) is 6.90. The number of nitrogens with zero attached hydrogens (tertiary/aromatic N) is 1. The van der Waals surface area contributed by atoms with Crippen LogP contribution in [0.15, 0.2) is 0 Å². The predicted molar refractivity (Wildman–Crippen MR) is 55.4 cm³/mol. The molecule has 2 N–H and O–H groups in total. The van der Waals surface area contributed by atoms with E-state index in [-0.39, 0.29) is 24.9 Å². The van der Waals surface area contributed by atoms with Crippen molar-refractivity contribution in [1.82, 2.24) is 4.90 Å². The molecule has 0 aromatic carbocycles. The molecule has 15 heavy (non-hydrogen) atoms. The van der Waals surface area contributed by atoms with Gasteiger partial charge in [0.2, 0.25) is 15.9 Å². The van der Waals surface area contributed by atoms with Gasteiger partial charge in [0.25, 0.3) is 0 Å². The average molecular weight is 232 g/mol. The van der Waals surface area contributed by atoms with Crippen LogP contribution in [0.3, 0.4) is 0 Å². The molecule has 1 amide bonds. The Labute approximate surface area is 89.7 Å². The predicted octanol–water partition coefficient (Wildman–Crippen LogP) is -0.324. The molecular formula is C9H16N2O3S. The number of rotatable bonds is 2. The van der Waals surface area contributed by atoms with Crippen LogP contribution in [-0.2, 0) is 14.8 Å². The molecule has 1 saturated heterocycles. The molecule has 0 radical (unpaired) electrons. The lowest BCUT2D eigenvalue weighted by Crippen LogP contribution is -2.59. The number of hydrogen-bond donors (Lipinski definition) is 1. The van der Waals surface area contributed by atoms with Crippen molar-refractivity contribution in [2.75, 3.05) is 13.1 Å². The van der Waals surface area contributed by atoms with Crippen molar-refractivity contribution >= 4 is 15.9 Å². The number of amides is 1. The monoisotopic (exact) mass is 232 g/mol. The molecule has 0 bridgehead atoms. The fourth-order valence-corrected chi connectivity index (χ4v) is 3.03. The van der Waals surface area contributed by atoms with Crippen LogP contribution >= 0.6 is 0 Å². The summed E-state index contributed by atoms with van der Waals surface area (Å²) >= 11 is 0. The lowest BCUT2D eigenvalue weighted by atomic mass is 10.0. The van der Waals surface area contributed by atoms with E-state index >= 15 is 0 Å². The van der Waals surface area contributed by atoms with Crippen molar-refractivity contribution < 1.29 is 13.2 Å². The Hall–Kier alpha value is -0.620. The number of carbonyl (C=O) groups excluding carboxylic acids is 1. The van der Waals surface area contributed by atoms with Crippen molar-refractivity contribution in [3.63, 3.8) is 0 Å². The zero-order valence-electron chi connectivity index (χ0n) is 8.55. The van der Waals surface area contributed by atoms with Gasteiger partial charge in [0.15, 0.2) is 0 Å². The third-order valence-corrected chi connectivity index (χ3v) is 4.56. The van der Waals surface area contributed by atoms with Gasteiger partial charge >= 0.3 is 0 Å². The van der Waals surface area contributed by atoms with Crippen LogP contribution in [-0.4, -0.2) is 37.6 Å². The minimum absolute atomic E-state index is 0.118. The van der Waals surface area contributed by atoms with E-state index in [9.17, 15) is 13.2 Å². The van der Waals surface area contributed by atoms with E-state index in [0.717, 1.165) is 25.7 Å². The zero-order valence-corrected chi connectivity index (χ0v) is 9.37. The first-order chi connectivity index (χ1) is 6.98. The summed E-state index contributed by atoms with van der Waals surface area (Å²) in [7, 11) is -3.45. The number of carbonyl (C=O) groups is 1. The largest absolute Gasteiger partial charge is 0.340 e. The Morgan fingerprint density at radius 3 is 2.20 bits per heavy atom. The summed E-state index contributed by atoms with van der Waals surface area (Å²) in [6.07, 6.45) is 4.14. The zero-order chi connectivity index (χ0) is 11.1. The van der Waals surface area contributed by atoms with E-state index in [4.69, 9.17) is 5.14 Å². The maximum absolute atomic E-state index is 11.8. The molecule has 0 aromatic rings. The Kier molecular flexibility index (Phi) is 2.72. The molecule has 2 rings (SSSR count). The number of likely N-dealkylation sites (tertiary alicyclic amines) is 1. The van der Waals surface area contributed by atoms with Crippen LogP contribution in [0.4, 0.5) is 0 Å². The van der Waals surface area contributed by atoms with Gasteiger partial charge in [-0.1, -0.05) is 12.8 Å². The molecule has 1 saturated carbocycles. The van der Waals surface area contributed by atoms with E-state index in [2.05, 4.69) is 0 Å². The van der Waals surface area contributed by atoms with Crippen LogP contribution in [0, 0.1) is 5.92 Å². The summed E-state index contributed by atoms with van der Waals surface area (Å²) in [5.41, 5.74) is 0. The minimum atomic E-state index is -3.45. The summed E-state index contributed by atoms with van der Waals surface area (Å²) in [6, 6.07) is 0. The fourth-order valence-electron chi connectivity index (χ4n) is 2.26. The Balaban J connectivity index is 1.86. The molecule has 2 aliphatic rings. The van der Waals surface area contributed by atoms with Crippen molar-refractivity contribution in [1.29, 1.82) is 0 Å². The highest BCUT2D eigenvalue weighted by Gasteiger charge is 2.40. The summed E-state index contributed by atoms with van der Waals surface area (Å²) in [5, 5.41) is 4.45. The first kappa shape index (κ1) is 10.9. The first-order valence-electron chi connectivity index (χ1n) is 5.29. The second-order valence-electron chi connectivity index (χ2n) is 4.44. The van der Waals surface area contributed by atoms with Crippen molar-refractivity contribution in [2.24, 2.45) is 11.1 Å². The molecule has 0 unspecified atom stereocenters. The van der Waals surface area contributed by atoms with Crippen LogP contribution in [0.1, 0.15) is 25.7 Å². The highest BCUT2D eigenvalue weighted by molar-refractivity contribution is 7.89. The molecule has 2 fully saturated rings. The maximum Gasteiger partial charge on any atom is 0.225 e. The second kappa shape index (κ2) is 3.75. The van der Waals surface area contributed by atoms with E-state index < -0.39 is 15.3 Å². The van der Waals surface area contributed by atoms with E-state index in [0.29, 0.717) is 0 Å². The van der Waals surface area contributed by atoms with Crippen molar-refractivity contribution in [3.8, 4) is 0 Å². The molecule has 0 aromatic heterocycles. The molecule has 0 atom stereocenters. The number of nitrogens with two attached hydrogens (primary N) is 1.